The van der Waals surface area contributed by atoms with Gasteiger partial charge in [0.1, 0.15) is 38.2 Å². The summed E-state index contributed by atoms with van der Waals surface area (Å²) in [4.78, 5) is 52.7. The summed E-state index contributed by atoms with van der Waals surface area (Å²) in [5, 5.41) is 39.5. The Morgan fingerprint density at radius 2 is 1.30 bits per heavy atom. The molecule has 1 saturated heterocycles. The van der Waals surface area contributed by atoms with Gasteiger partial charge in [-0.3, -0.25) is 10.1 Å². The number of aliphatic hydroxyl groups is 1. The maximum absolute atomic E-state index is 12.0. The number of amides is 2. The molecule has 56 heavy (non-hydrogen) atoms. The lowest BCUT2D eigenvalue weighted by molar-refractivity contribution is -0.383. The third-order valence-corrected chi connectivity index (χ3v) is 8.23. The van der Waals surface area contributed by atoms with Gasteiger partial charge in [-0.15, -0.1) is 0 Å². The van der Waals surface area contributed by atoms with Crippen LogP contribution in [0.4, 0.5) is 27.5 Å². The molecule has 4 N–H and O–H groups in total. The molecule has 0 spiro atoms. The number of carbonyl (C=O) groups excluding carboxylic acids is 2. The Hall–Kier alpha value is -6.55. The van der Waals surface area contributed by atoms with Crippen LogP contribution in [-0.4, -0.2) is 105 Å². The first-order valence-electron chi connectivity index (χ1n) is 15.6. The lowest BCUT2D eigenvalue weighted by Crippen LogP contribution is -2.33. The number of rotatable bonds is 3. The Labute approximate surface area is 331 Å². The molecule has 9 rings (SSSR count). The summed E-state index contributed by atoms with van der Waals surface area (Å²) in [6, 6.07) is 6.10. The molecule has 286 valence electrons. The minimum Gasteiger partial charge on any atom is -0.394 e. The summed E-state index contributed by atoms with van der Waals surface area (Å²) in [5.41, 5.74) is 8.45. The molecule has 26 heteroatoms. The second-order valence-corrected chi connectivity index (χ2v) is 12.6. The van der Waals surface area contributed by atoms with Gasteiger partial charge >= 0.3 is 11.7 Å². The van der Waals surface area contributed by atoms with E-state index in [1.807, 2.05) is 0 Å². The molecule has 0 unspecified atom stereocenters. The Balaban J connectivity index is 0.000000129. The van der Waals surface area contributed by atoms with Gasteiger partial charge in [0.05, 0.1) is 35.3 Å². The summed E-state index contributed by atoms with van der Waals surface area (Å²) in [6.45, 7) is 0.889. The zero-order valence-corrected chi connectivity index (χ0v) is 31.0. The maximum atomic E-state index is 12.0. The number of urea groups is 1. The molecule has 0 bridgehead atoms. The summed E-state index contributed by atoms with van der Waals surface area (Å²) in [6.07, 6.45) is 13.7. The number of likely N-dealkylation sites (tertiary alicyclic amines) is 1. The van der Waals surface area contributed by atoms with Crippen LogP contribution in [0.3, 0.4) is 0 Å². The second-order valence-electron chi connectivity index (χ2n) is 11.1. The number of anilines is 2. The van der Waals surface area contributed by atoms with Crippen LogP contribution in [0.2, 0.25) is 20.6 Å². The van der Waals surface area contributed by atoms with E-state index < -0.39 is 11.0 Å². The Morgan fingerprint density at radius 3 is 1.89 bits per heavy atom. The molecular weight excluding hydrogens is 820 g/mol. The van der Waals surface area contributed by atoms with Crippen LogP contribution >= 0.6 is 46.4 Å². The number of nitrogens with two attached hydrogens (primary N) is 1. The number of hydrogen-bond donors (Lipinski definition) is 3. The molecule has 22 nitrogen and oxygen atoms in total. The van der Waals surface area contributed by atoms with Crippen molar-refractivity contribution in [1.82, 2.24) is 63.3 Å². The highest BCUT2D eigenvalue weighted by atomic mass is 35.5. The predicted octanol–water partition coefficient (Wildman–Crippen LogP) is 4.59. The molecule has 0 aromatic carbocycles. The lowest BCUT2D eigenvalue weighted by atomic mass is 10.3. The number of nitrogens with one attached hydrogen (secondary N) is 1. The van der Waals surface area contributed by atoms with Gasteiger partial charge in [-0.1, -0.05) is 46.4 Å². The van der Waals surface area contributed by atoms with Gasteiger partial charge in [-0.2, -0.15) is 25.4 Å². The van der Waals surface area contributed by atoms with Crippen molar-refractivity contribution in [1.29, 1.82) is 0 Å². The van der Waals surface area contributed by atoms with E-state index >= 15 is 0 Å². The first-order chi connectivity index (χ1) is 26.9. The van der Waals surface area contributed by atoms with Gasteiger partial charge in [0.15, 0.2) is 16.9 Å². The molecule has 8 aromatic rings. The summed E-state index contributed by atoms with van der Waals surface area (Å²) in [7, 11) is 0. The molecule has 1 atom stereocenters. The number of nitrogens with zero attached hydrogens (tertiary/aromatic N) is 15. The molecule has 8 aromatic heterocycles. The van der Waals surface area contributed by atoms with Crippen LogP contribution in [0, 0.1) is 10.1 Å². The quantitative estimate of drug-likeness (QED) is 0.0722. The van der Waals surface area contributed by atoms with E-state index in [4.69, 9.17) is 52.1 Å². The molecule has 1 fully saturated rings. The van der Waals surface area contributed by atoms with Crippen molar-refractivity contribution in [2.24, 2.45) is 4.99 Å². The van der Waals surface area contributed by atoms with E-state index in [2.05, 4.69) is 50.6 Å². The Morgan fingerprint density at radius 1 is 0.804 bits per heavy atom. The number of nitrogen functional groups attached to an aromatic ring is 1. The fraction of sp³-hybridized carbons (Fsp3) is 0.133. The fourth-order valence-corrected chi connectivity index (χ4v) is 5.39. The predicted molar refractivity (Wildman–Crippen MR) is 202 cm³/mol. The molecule has 0 radical (unpaired) electrons. The first kappa shape index (κ1) is 39.2. The van der Waals surface area contributed by atoms with E-state index in [1.54, 1.807) is 52.4 Å². The number of isocyanates is 1. The van der Waals surface area contributed by atoms with Crippen molar-refractivity contribution in [3.63, 3.8) is 0 Å². The van der Waals surface area contributed by atoms with Gasteiger partial charge in [-0.25, -0.2) is 47.6 Å². The van der Waals surface area contributed by atoms with Crippen LogP contribution in [0.25, 0.3) is 22.6 Å². The zero-order chi connectivity index (χ0) is 39.9. The summed E-state index contributed by atoms with van der Waals surface area (Å²) >= 11 is 22.7. The van der Waals surface area contributed by atoms with Crippen molar-refractivity contribution < 1.29 is 19.6 Å². The topological polar surface area (TPSA) is 272 Å². The highest BCUT2D eigenvalue weighted by molar-refractivity contribution is 6.30. The van der Waals surface area contributed by atoms with Crippen LogP contribution in [-0.2, 0) is 4.79 Å². The Kier molecular flexibility index (Phi) is 12.1. The van der Waals surface area contributed by atoms with E-state index in [0.717, 1.165) is 6.20 Å². The highest BCUT2D eigenvalue weighted by Crippen LogP contribution is 2.21. The number of aliphatic imine (C=N–C) groups is 1. The number of hydrogen-bond acceptors (Lipinski definition) is 15. The molecule has 0 saturated carbocycles. The van der Waals surface area contributed by atoms with Crippen molar-refractivity contribution in [3.05, 3.63) is 105 Å². The number of aromatic nitrogens is 12. The highest BCUT2D eigenvalue weighted by Gasteiger charge is 2.25. The molecule has 0 aliphatic carbocycles. The van der Waals surface area contributed by atoms with E-state index in [-0.39, 0.29) is 22.5 Å². The molecule has 1 aliphatic heterocycles. The number of β-amino-alcohol motifs (C(OH)–C–C–N with tert-alkyl or cyclic N) is 1. The molecule has 2 amide bonds. The summed E-state index contributed by atoms with van der Waals surface area (Å²) < 4.78 is 5.87. The lowest BCUT2D eigenvalue weighted by Gasteiger charge is -2.15. The smallest absolute Gasteiger partial charge is 0.333 e. The fourth-order valence-electron chi connectivity index (χ4n) is 4.85. The second kappa shape index (κ2) is 17.3. The van der Waals surface area contributed by atoms with Crippen LogP contribution in [0.5, 0.6) is 0 Å². The monoisotopic (exact) mass is 841 g/mol. The van der Waals surface area contributed by atoms with Crippen LogP contribution < -0.4 is 11.1 Å². The average Bonchev–Trinajstić information content (AvgIpc) is 4.02. The number of halogens is 4. The Bertz CT molecular complexity index is 2670. The van der Waals surface area contributed by atoms with Gasteiger partial charge in [0.2, 0.25) is 11.7 Å². The van der Waals surface area contributed by atoms with Crippen molar-refractivity contribution >= 4 is 104 Å². The molecular formula is C30H23Cl4N17O5. The van der Waals surface area contributed by atoms with Crippen LogP contribution in [0.1, 0.15) is 6.42 Å². The standard InChI is InChI=1S/C11H12ClN5O2.C7H3ClN4O.C6H3ClN4O2.C6H5ClN4/c12-9-2-4-17-10(15-9)8(5-13-17)14-11(19)16-3-1-7(18)6-16;8-6-1-2-12-7(11-6)5(3-10-12)9-4-13;7-5-1-2-10-6(9-5)4(3-8-10)11(12)13;7-5-1-2-11-6(10-5)4(8)3-9-11/h2,4-5,7,18H,1,3,6H2,(H,14,19);2*1-3H;1-3H,8H2/t7-;;;/m0.../s1. The number of carbonyl (C=O) groups is 1. The van der Waals surface area contributed by atoms with Gasteiger partial charge in [0, 0.05) is 37.9 Å². The van der Waals surface area contributed by atoms with E-state index in [1.165, 1.54) is 44.3 Å². The largest absolute Gasteiger partial charge is 0.394 e. The third-order valence-electron chi connectivity index (χ3n) is 7.39. The number of aliphatic hydroxyl groups excluding tert-OH is 1. The SMILES string of the molecule is Nc1cnn2ccc(Cl)nc12.O=C(Nc1cnn2ccc(Cl)nc12)N1CC[C@H](O)C1.O=C=Nc1cnn2ccc(Cl)nc12.O=[N+]([O-])c1cnn2ccc(Cl)nc12. The van der Waals surface area contributed by atoms with E-state index in [9.17, 15) is 24.8 Å². The van der Waals surface area contributed by atoms with E-state index in [0.29, 0.717) is 69.0 Å². The van der Waals surface area contributed by atoms with Crippen molar-refractivity contribution in [2.45, 2.75) is 12.5 Å². The van der Waals surface area contributed by atoms with Gasteiger partial charge < -0.3 is 21.1 Å². The normalized spacial score (nSPS) is 13.3. The summed E-state index contributed by atoms with van der Waals surface area (Å²) in [5.74, 6) is 0. The number of fused-ring (bicyclic) bond motifs is 4. The van der Waals surface area contributed by atoms with Gasteiger partial charge in [-0.05, 0) is 30.7 Å². The van der Waals surface area contributed by atoms with Crippen molar-refractivity contribution in [2.75, 3.05) is 24.1 Å². The van der Waals surface area contributed by atoms with Crippen molar-refractivity contribution in [3.8, 4) is 0 Å². The maximum Gasteiger partial charge on any atom is 0.333 e. The first-order valence-corrected chi connectivity index (χ1v) is 17.1. The minimum absolute atomic E-state index is 0.150. The molecule has 9 heterocycles. The van der Waals surface area contributed by atoms with Gasteiger partial charge in [0.25, 0.3) is 0 Å². The third kappa shape index (κ3) is 9.21. The molecule has 1 aliphatic rings. The minimum atomic E-state index is -0.550. The number of nitro groups is 1. The van der Waals surface area contributed by atoms with Crippen LogP contribution in [0.15, 0.2) is 78.8 Å². The zero-order valence-electron chi connectivity index (χ0n) is 28.0. The average molecular weight is 843 g/mol.